The summed E-state index contributed by atoms with van der Waals surface area (Å²) in [4.78, 5) is 25.8. The third-order valence-corrected chi connectivity index (χ3v) is 4.36. The average molecular weight is 324 g/mol. The van der Waals surface area contributed by atoms with E-state index in [9.17, 15) is 9.59 Å². The molecular formula is C19H20N2O3. The van der Waals surface area contributed by atoms with Gasteiger partial charge >= 0.3 is 6.09 Å². The third-order valence-electron chi connectivity index (χ3n) is 4.36. The lowest BCUT2D eigenvalue weighted by Crippen LogP contribution is -2.46. The van der Waals surface area contributed by atoms with E-state index in [2.05, 4.69) is 0 Å². The van der Waals surface area contributed by atoms with E-state index in [1.54, 1.807) is 0 Å². The smallest absolute Gasteiger partial charge is 0.410 e. The number of carbonyl (C=O) groups excluding carboxylic acids is 2. The summed E-state index contributed by atoms with van der Waals surface area (Å²) in [5.74, 6) is -0.592. The summed E-state index contributed by atoms with van der Waals surface area (Å²) in [7, 11) is 0. The van der Waals surface area contributed by atoms with Crippen LogP contribution >= 0.6 is 0 Å². The van der Waals surface area contributed by atoms with Crippen molar-refractivity contribution in [3.8, 4) is 0 Å². The number of hydrogen-bond donors (Lipinski definition) is 1. The van der Waals surface area contributed by atoms with Crippen LogP contribution in [0.2, 0.25) is 0 Å². The van der Waals surface area contributed by atoms with Crippen molar-refractivity contribution in [2.24, 2.45) is 5.73 Å². The van der Waals surface area contributed by atoms with E-state index in [-0.39, 0.29) is 12.5 Å². The molecule has 1 aliphatic rings. The van der Waals surface area contributed by atoms with Crippen LogP contribution < -0.4 is 5.73 Å². The average Bonchev–Trinajstić information content (AvgIpc) is 3.07. The zero-order valence-electron chi connectivity index (χ0n) is 13.3. The van der Waals surface area contributed by atoms with Gasteiger partial charge in [0, 0.05) is 12.5 Å². The van der Waals surface area contributed by atoms with Crippen LogP contribution in [-0.2, 0) is 16.1 Å². The number of rotatable bonds is 4. The fourth-order valence-electron chi connectivity index (χ4n) is 3.20. The first-order valence-corrected chi connectivity index (χ1v) is 7.98. The second kappa shape index (κ2) is 7.17. The Morgan fingerprint density at radius 3 is 2.29 bits per heavy atom. The van der Waals surface area contributed by atoms with Gasteiger partial charge in [0.15, 0.2) is 0 Å². The van der Waals surface area contributed by atoms with Crippen molar-refractivity contribution in [1.82, 2.24) is 4.90 Å². The highest BCUT2D eigenvalue weighted by atomic mass is 16.6. The molecule has 2 atom stereocenters. The highest BCUT2D eigenvalue weighted by molar-refractivity contribution is 5.86. The first-order valence-electron chi connectivity index (χ1n) is 7.98. The SMILES string of the molecule is NC(=O)[C@@H]1[C@H](c2ccccc2)CCN1C(=O)OCc1ccccc1. The van der Waals surface area contributed by atoms with Crippen LogP contribution in [0.5, 0.6) is 0 Å². The normalized spacial score (nSPS) is 19.9. The van der Waals surface area contributed by atoms with E-state index >= 15 is 0 Å². The van der Waals surface area contributed by atoms with Crippen LogP contribution in [0.15, 0.2) is 60.7 Å². The van der Waals surface area contributed by atoms with Crippen LogP contribution in [0.25, 0.3) is 0 Å². The molecule has 0 radical (unpaired) electrons. The fourth-order valence-corrected chi connectivity index (χ4v) is 3.20. The van der Waals surface area contributed by atoms with E-state index in [4.69, 9.17) is 10.5 Å². The predicted octanol–water partition coefficient (Wildman–Crippen LogP) is 2.67. The summed E-state index contributed by atoms with van der Waals surface area (Å²) >= 11 is 0. The lowest BCUT2D eigenvalue weighted by Gasteiger charge is -2.25. The van der Waals surface area contributed by atoms with Gasteiger partial charge in [-0.25, -0.2) is 4.79 Å². The molecule has 3 rings (SSSR count). The minimum atomic E-state index is -0.671. The van der Waals surface area contributed by atoms with E-state index in [1.165, 1.54) is 4.90 Å². The van der Waals surface area contributed by atoms with Crippen molar-refractivity contribution >= 4 is 12.0 Å². The van der Waals surface area contributed by atoms with Crippen molar-refractivity contribution in [2.45, 2.75) is 25.0 Å². The van der Waals surface area contributed by atoms with Crippen LogP contribution in [0.1, 0.15) is 23.5 Å². The molecule has 1 heterocycles. The summed E-state index contributed by atoms with van der Waals surface area (Å²) in [6, 6.07) is 18.4. The highest BCUT2D eigenvalue weighted by Gasteiger charge is 2.42. The first kappa shape index (κ1) is 16.1. The third kappa shape index (κ3) is 3.40. The second-order valence-electron chi connectivity index (χ2n) is 5.89. The summed E-state index contributed by atoms with van der Waals surface area (Å²) in [6.45, 7) is 0.637. The Labute approximate surface area is 141 Å². The number of primary amides is 1. The Morgan fingerprint density at radius 2 is 1.67 bits per heavy atom. The number of nitrogens with two attached hydrogens (primary N) is 1. The molecule has 5 heteroatoms. The van der Waals surface area contributed by atoms with Gasteiger partial charge < -0.3 is 10.5 Å². The molecule has 2 amide bonds. The largest absolute Gasteiger partial charge is 0.445 e. The predicted molar refractivity (Wildman–Crippen MR) is 90.1 cm³/mol. The van der Waals surface area contributed by atoms with E-state index < -0.39 is 18.0 Å². The standard InChI is InChI=1S/C19H20N2O3/c20-18(22)17-16(15-9-5-2-6-10-15)11-12-21(17)19(23)24-13-14-7-3-1-4-8-14/h1-10,16-17H,11-13H2,(H2,20,22)/t16-,17-/m0/s1. The molecule has 2 N–H and O–H groups in total. The molecule has 0 spiro atoms. The van der Waals surface area contributed by atoms with Crippen molar-refractivity contribution in [1.29, 1.82) is 0 Å². The molecule has 0 saturated carbocycles. The van der Waals surface area contributed by atoms with Gasteiger partial charge in [-0.15, -0.1) is 0 Å². The Kier molecular flexibility index (Phi) is 4.79. The summed E-state index contributed by atoms with van der Waals surface area (Å²) in [5, 5.41) is 0. The second-order valence-corrected chi connectivity index (χ2v) is 5.89. The molecule has 5 nitrogen and oxygen atoms in total. The number of likely N-dealkylation sites (tertiary alicyclic amines) is 1. The first-order chi connectivity index (χ1) is 11.7. The zero-order valence-corrected chi connectivity index (χ0v) is 13.3. The van der Waals surface area contributed by atoms with Crippen LogP contribution in [0.4, 0.5) is 4.79 Å². The lowest BCUT2D eigenvalue weighted by atomic mass is 9.91. The number of benzene rings is 2. The van der Waals surface area contributed by atoms with Crippen molar-refractivity contribution in [3.63, 3.8) is 0 Å². The van der Waals surface area contributed by atoms with Gasteiger partial charge in [0.05, 0.1) is 0 Å². The van der Waals surface area contributed by atoms with Crippen molar-refractivity contribution < 1.29 is 14.3 Å². The van der Waals surface area contributed by atoms with Crippen molar-refractivity contribution in [3.05, 3.63) is 71.8 Å². The van der Waals surface area contributed by atoms with Gasteiger partial charge in [-0.05, 0) is 17.5 Å². The van der Waals surface area contributed by atoms with Gasteiger partial charge in [-0.1, -0.05) is 60.7 Å². The van der Waals surface area contributed by atoms with E-state index in [0.29, 0.717) is 13.0 Å². The molecule has 1 fully saturated rings. The molecule has 2 aromatic carbocycles. The number of ether oxygens (including phenoxy) is 1. The monoisotopic (exact) mass is 324 g/mol. The van der Waals surface area contributed by atoms with E-state index in [0.717, 1.165) is 11.1 Å². The molecule has 2 aromatic rings. The topological polar surface area (TPSA) is 72.6 Å². The summed E-state index contributed by atoms with van der Waals surface area (Å²) in [6.07, 6.45) is 0.194. The van der Waals surface area contributed by atoms with E-state index in [1.807, 2.05) is 60.7 Å². The maximum atomic E-state index is 12.4. The maximum absolute atomic E-state index is 12.4. The Hall–Kier alpha value is -2.82. The lowest BCUT2D eigenvalue weighted by molar-refractivity contribution is -0.122. The summed E-state index contributed by atoms with van der Waals surface area (Å²) in [5.41, 5.74) is 7.49. The molecule has 124 valence electrons. The molecule has 1 aliphatic heterocycles. The Bertz CT molecular complexity index is 703. The van der Waals surface area contributed by atoms with Gasteiger partial charge in [0.1, 0.15) is 12.6 Å². The maximum Gasteiger partial charge on any atom is 0.410 e. The van der Waals surface area contributed by atoms with Crippen LogP contribution in [0, 0.1) is 0 Å². The van der Waals surface area contributed by atoms with Crippen LogP contribution in [-0.4, -0.2) is 29.5 Å². The molecule has 0 unspecified atom stereocenters. The van der Waals surface area contributed by atoms with Crippen molar-refractivity contribution in [2.75, 3.05) is 6.54 Å². The zero-order chi connectivity index (χ0) is 16.9. The molecule has 0 aliphatic carbocycles. The molecule has 24 heavy (non-hydrogen) atoms. The van der Waals surface area contributed by atoms with Gasteiger partial charge in [0.2, 0.25) is 5.91 Å². The summed E-state index contributed by atoms with van der Waals surface area (Å²) < 4.78 is 5.36. The molecule has 0 aromatic heterocycles. The van der Waals surface area contributed by atoms with Gasteiger partial charge in [0.25, 0.3) is 0 Å². The molecule has 1 saturated heterocycles. The van der Waals surface area contributed by atoms with Crippen LogP contribution in [0.3, 0.4) is 0 Å². The molecule has 0 bridgehead atoms. The number of carbonyl (C=O) groups is 2. The highest BCUT2D eigenvalue weighted by Crippen LogP contribution is 2.33. The Morgan fingerprint density at radius 1 is 1.04 bits per heavy atom. The number of nitrogens with zero attached hydrogens (tertiary/aromatic N) is 1. The Balaban J connectivity index is 1.70. The minimum Gasteiger partial charge on any atom is -0.445 e. The fraction of sp³-hybridized carbons (Fsp3) is 0.263. The quantitative estimate of drug-likeness (QED) is 0.940. The minimum absolute atomic E-state index is 0.0898. The number of hydrogen-bond acceptors (Lipinski definition) is 3. The van der Waals surface area contributed by atoms with Gasteiger partial charge in [-0.3, -0.25) is 9.69 Å². The van der Waals surface area contributed by atoms with Gasteiger partial charge in [-0.2, -0.15) is 0 Å². The molecular weight excluding hydrogens is 304 g/mol. The number of amides is 2.